The molecule has 0 spiro atoms. The van der Waals surface area contributed by atoms with E-state index in [1.165, 1.54) is 54.5 Å². The van der Waals surface area contributed by atoms with Gasteiger partial charge in [-0.3, -0.25) is 4.79 Å². The van der Waals surface area contributed by atoms with E-state index in [1.807, 2.05) is 0 Å². The fraction of sp³-hybridized carbons (Fsp3) is 0.560. The molecule has 1 heterocycles. The van der Waals surface area contributed by atoms with E-state index in [2.05, 4.69) is 23.4 Å². The molecule has 168 valence electrons. The minimum Gasteiger partial charge on any atom is -0.454 e. The average Bonchev–Trinajstić information content (AvgIpc) is 3.29. The van der Waals surface area contributed by atoms with Crippen molar-refractivity contribution in [1.29, 1.82) is 0 Å². The summed E-state index contributed by atoms with van der Waals surface area (Å²) < 4.78 is 22.7. The zero-order chi connectivity index (χ0) is 22.4. The highest BCUT2D eigenvalue weighted by molar-refractivity contribution is 7.93. The van der Waals surface area contributed by atoms with Crippen LogP contribution in [0.25, 0.3) is 0 Å². The Balaban J connectivity index is 1.64. The maximum atomic E-state index is 13.2. The van der Waals surface area contributed by atoms with Crippen molar-refractivity contribution in [2.24, 2.45) is 10.3 Å². The maximum absolute atomic E-state index is 13.2. The van der Waals surface area contributed by atoms with Gasteiger partial charge >= 0.3 is 0 Å². The summed E-state index contributed by atoms with van der Waals surface area (Å²) in [5, 5.41) is 10.3. The first-order valence-electron chi connectivity index (χ1n) is 11.3. The molecule has 31 heavy (non-hydrogen) atoms. The summed E-state index contributed by atoms with van der Waals surface area (Å²) in [4.78, 5) is 13.0. The third-order valence-electron chi connectivity index (χ3n) is 7.04. The first-order chi connectivity index (χ1) is 14.6. The third-order valence-corrected chi connectivity index (χ3v) is 8.56. The van der Waals surface area contributed by atoms with Crippen LogP contribution in [0.15, 0.2) is 38.3 Å². The van der Waals surface area contributed by atoms with Gasteiger partial charge in [-0.05, 0) is 80.0 Å². The number of rotatable bonds is 6. The number of fused-ring (bicyclic) bond motifs is 1. The van der Waals surface area contributed by atoms with Gasteiger partial charge in [0.15, 0.2) is 5.09 Å². The van der Waals surface area contributed by atoms with Gasteiger partial charge in [0.2, 0.25) is 0 Å². The maximum Gasteiger partial charge on any atom is 0.258 e. The van der Waals surface area contributed by atoms with Crippen LogP contribution in [-0.2, 0) is 39.4 Å². The second kappa shape index (κ2) is 8.21. The number of aryl methyl sites for hydroxylation is 1. The van der Waals surface area contributed by atoms with Crippen LogP contribution in [0.3, 0.4) is 0 Å². The number of aliphatic hydroxyl groups is 1. The van der Waals surface area contributed by atoms with Crippen molar-refractivity contribution in [1.82, 2.24) is 0 Å². The van der Waals surface area contributed by atoms with Crippen LogP contribution in [0.5, 0.6) is 0 Å². The molecule has 2 aromatic rings. The lowest BCUT2D eigenvalue weighted by atomic mass is 9.72. The molecule has 1 aromatic heterocycles. The van der Waals surface area contributed by atoms with Gasteiger partial charge in [0.1, 0.15) is 9.73 Å². The van der Waals surface area contributed by atoms with Crippen molar-refractivity contribution < 1.29 is 18.5 Å². The summed E-state index contributed by atoms with van der Waals surface area (Å²) in [5.74, 6) is 0.730. The van der Waals surface area contributed by atoms with Gasteiger partial charge in [-0.2, -0.15) is 4.36 Å². The Morgan fingerprint density at radius 1 is 1.29 bits per heavy atom. The highest BCUT2D eigenvalue weighted by Gasteiger charge is 2.29. The van der Waals surface area contributed by atoms with Crippen LogP contribution < -0.4 is 0 Å². The van der Waals surface area contributed by atoms with Gasteiger partial charge < -0.3 is 9.52 Å². The van der Waals surface area contributed by atoms with Crippen molar-refractivity contribution in [3.05, 3.63) is 52.3 Å². The Kier molecular flexibility index (Phi) is 5.90. The fourth-order valence-corrected chi connectivity index (χ4v) is 5.96. The number of hydrogen-bond acceptors (Lipinski definition) is 4. The molecule has 1 amide bonds. The number of benzene rings is 1. The molecule has 0 bridgehead atoms. The molecule has 4 rings (SSSR count). The summed E-state index contributed by atoms with van der Waals surface area (Å²) in [6, 6.07) is 5.98. The van der Waals surface area contributed by atoms with Crippen molar-refractivity contribution >= 4 is 15.6 Å². The number of carbonyl (C=O) groups excluding carboxylic acids is 1. The normalized spacial score (nSPS) is 19.4. The monoisotopic (exact) mass is 443 g/mol. The molecule has 1 saturated carbocycles. The summed E-state index contributed by atoms with van der Waals surface area (Å²) in [5.41, 5.74) is 4.41. The van der Waals surface area contributed by atoms with Crippen molar-refractivity contribution in [3.8, 4) is 0 Å². The summed E-state index contributed by atoms with van der Waals surface area (Å²) >= 11 is 0. The zero-order valence-corrected chi connectivity index (χ0v) is 19.8. The van der Waals surface area contributed by atoms with Gasteiger partial charge in [0.25, 0.3) is 5.91 Å². The molecule has 1 N–H and O–H groups in total. The van der Waals surface area contributed by atoms with Crippen molar-refractivity contribution in [2.45, 2.75) is 82.3 Å². The molecule has 6 heteroatoms. The molecule has 2 unspecified atom stereocenters. The second-order valence-corrected chi connectivity index (χ2v) is 12.0. The minimum atomic E-state index is -3.03. The van der Waals surface area contributed by atoms with Crippen LogP contribution in [0, 0.1) is 5.92 Å². The number of furan rings is 1. The van der Waals surface area contributed by atoms with E-state index in [0.717, 1.165) is 24.8 Å². The lowest BCUT2D eigenvalue weighted by molar-refractivity contribution is -0.117. The second-order valence-electron chi connectivity index (χ2n) is 9.78. The molecule has 0 aliphatic heterocycles. The zero-order valence-electron chi connectivity index (χ0n) is 18.9. The van der Waals surface area contributed by atoms with Crippen LogP contribution >= 0.6 is 0 Å². The molecule has 5 nitrogen and oxygen atoms in total. The molecule has 1 fully saturated rings. The number of carbonyl (C=O) groups is 1. The Labute approximate surface area is 185 Å². The highest BCUT2D eigenvalue weighted by Crippen LogP contribution is 2.42. The third kappa shape index (κ3) is 4.51. The predicted octanol–water partition coefficient (Wildman–Crippen LogP) is 5.13. The number of nitrogens with zero attached hydrogens (tertiary/aromatic N) is 1. The number of hydrogen-bond donors (Lipinski definition) is 1. The van der Waals surface area contributed by atoms with Gasteiger partial charge in [0, 0.05) is 17.9 Å². The molecule has 1 aromatic carbocycles. The first-order valence-corrected chi connectivity index (χ1v) is 13.2. The molecule has 0 radical (unpaired) electrons. The molecular formula is C25H33NO4S. The Bertz CT molecular complexity index is 1110. The van der Waals surface area contributed by atoms with Crippen LogP contribution in [0.4, 0.5) is 0 Å². The van der Waals surface area contributed by atoms with E-state index in [4.69, 9.17) is 4.42 Å². The molecule has 2 atom stereocenters. The van der Waals surface area contributed by atoms with Gasteiger partial charge in [0.05, 0.1) is 18.3 Å². The summed E-state index contributed by atoms with van der Waals surface area (Å²) in [6.07, 6.45) is 9.94. The Morgan fingerprint density at radius 2 is 2.03 bits per heavy atom. The van der Waals surface area contributed by atoms with Crippen LogP contribution in [-0.4, -0.2) is 21.5 Å². The molecule has 2 aliphatic rings. The standard InChI is InChI=1S/C25H33NO4S/c1-16(17-7-5-8-17)20-12-11-18-9-6-10-21(18)22(20)14-23(27)26-31(4,29)24-13-19(15-30-24)25(2,3)28/h11-13,15-17,28H,5-10,14H2,1-4H3. The van der Waals surface area contributed by atoms with E-state index in [0.29, 0.717) is 17.4 Å². The Morgan fingerprint density at radius 3 is 2.65 bits per heavy atom. The quantitative estimate of drug-likeness (QED) is 0.671. The van der Waals surface area contributed by atoms with E-state index in [-0.39, 0.29) is 17.4 Å². The van der Waals surface area contributed by atoms with E-state index in [9.17, 15) is 14.1 Å². The SMILES string of the molecule is CC(c1ccc2c(c1CC(=O)N=S(C)(=O)c1cc(C(C)(C)O)co1)CCC2)C1CCC1. The minimum absolute atomic E-state index is 0.124. The van der Waals surface area contributed by atoms with Gasteiger partial charge in [-0.25, -0.2) is 4.21 Å². The van der Waals surface area contributed by atoms with Crippen molar-refractivity contribution in [3.63, 3.8) is 0 Å². The van der Waals surface area contributed by atoms with Crippen molar-refractivity contribution in [2.75, 3.05) is 6.26 Å². The van der Waals surface area contributed by atoms with Gasteiger partial charge in [-0.1, -0.05) is 25.5 Å². The highest BCUT2D eigenvalue weighted by atomic mass is 32.2. The topological polar surface area (TPSA) is 79.9 Å². The first kappa shape index (κ1) is 22.3. The Hall–Kier alpha value is -1.92. The van der Waals surface area contributed by atoms with Crippen LogP contribution in [0.2, 0.25) is 0 Å². The fourth-order valence-electron chi connectivity index (χ4n) is 4.85. The van der Waals surface area contributed by atoms with E-state index < -0.39 is 15.3 Å². The lowest BCUT2D eigenvalue weighted by Gasteiger charge is -2.33. The molecule has 0 saturated heterocycles. The van der Waals surface area contributed by atoms with E-state index >= 15 is 0 Å². The number of amides is 1. The lowest BCUT2D eigenvalue weighted by Crippen LogP contribution is -2.20. The van der Waals surface area contributed by atoms with E-state index in [1.54, 1.807) is 13.8 Å². The smallest absolute Gasteiger partial charge is 0.258 e. The largest absolute Gasteiger partial charge is 0.454 e. The molecule has 2 aliphatic carbocycles. The van der Waals surface area contributed by atoms with Crippen LogP contribution in [0.1, 0.15) is 80.2 Å². The van der Waals surface area contributed by atoms with Gasteiger partial charge in [-0.15, -0.1) is 0 Å². The predicted molar refractivity (Wildman–Crippen MR) is 122 cm³/mol. The molecular weight excluding hydrogens is 410 g/mol. The average molecular weight is 444 g/mol. The summed E-state index contributed by atoms with van der Waals surface area (Å²) in [6.45, 7) is 5.53. The summed E-state index contributed by atoms with van der Waals surface area (Å²) in [7, 11) is -3.03.